The van der Waals surface area contributed by atoms with Crippen LogP contribution >= 0.6 is 0 Å². The van der Waals surface area contributed by atoms with E-state index < -0.39 is 54.2 Å². The Morgan fingerprint density at radius 1 is 1.00 bits per heavy atom. The number of imidazole rings is 2. The molecule has 1 saturated heterocycles. The minimum absolute atomic E-state index is 0.0715. The Labute approximate surface area is 298 Å². The number of carbonyl (C=O) groups is 2. The van der Waals surface area contributed by atoms with Crippen molar-refractivity contribution >= 4 is 57.0 Å². The van der Waals surface area contributed by atoms with Crippen molar-refractivity contribution in [2.45, 2.75) is 57.8 Å². The van der Waals surface area contributed by atoms with Gasteiger partial charge in [0.05, 0.1) is 6.33 Å². The van der Waals surface area contributed by atoms with E-state index in [2.05, 4.69) is 35.6 Å². The monoisotopic (exact) mass is 732 g/mol. The number of likely N-dealkylation sites (N-methyl/N-ethyl adjacent to an activating group) is 1. The number of anilines is 2. The van der Waals surface area contributed by atoms with Gasteiger partial charge in [-0.05, 0) is 31.9 Å². The smallest absolute Gasteiger partial charge is 0.332 e. The van der Waals surface area contributed by atoms with Gasteiger partial charge in [0.15, 0.2) is 59.1 Å². The highest BCUT2D eigenvalue weighted by atomic mass is 16.6. The number of nitrogens with two attached hydrogens (primary N) is 1. The number of nitrogens with one attached hydrogen (secondary N) is 2. The molecule has 1 aromatic carbocycles. The molecule has 7 rings (SSSR count). The first-order chi connectivity index (χ1) is 25.4. The number of aryl methyl sites for hydroxylation is 4. The summed E-state index contributed by atoms with van der Waals surface area (Å²) in [4.78, 5) is 72.3. The average Bonchev–Trinajstić information content (AvgIpc) is 3.92. The van der Waals surface area contributed by atoms with Gasteiger partial charge in [0.25, 0.3) is 17.4 Å². The molecule has 21 nitrogen and oxygen atoms in total. The van der Waals surface area contributed by atoms with E-state index in [-0.39, 0.29) is 28.7 Å². The molecule has 4 atom stereocenters. The molecule has 278 valence electrons. The van der Waals surface area contributed by atoms with Crippen LogP contribution in [0.5, 0.6) is 5.75 Å². The van der Waals surface area contributed by atoms with Gasteiger partial charge in [-0.25, -0.2) is 19.7 Å². The van der Waals surface area contributed by atoms with E-state index in [0.717, 1.165) is 10.1 Å². The number of nitrogen functional groups attached to an aromatic ring is 1. The molecule has 5 aromatic heterocycles. The number of nitrogens with zero attached hydrogens (tertiary/aromatic N) is 9. The summed E-state index contributed by atoms with van der Waals surface area (Å²) in [6.45, 7) is 3.70. The summed E-state index contributed by atoms with van der Waals surface area (Å²) in [6, 6.07) is 3.43. The third-order valence-corrected chi connectivity index (χ3v) is 9.09. The average molecular weight is 733 g/mol. The van der Waals surface area contributed by atoms with Gasteiger partial charge >= 0.3 is 5.69 Å². The molecule has 0 radical (unpaired) electrons. The fraction of sp³-hybridized carbons (Fsp3) is 0.406. The number of fused-ring (bicyclic) bond motifs is 3. The minimum Gasteiger partial charge on any atom is -0.481 e. The van der Waals surface area contributed by atoms with E-state index in [0.29, 0.717) is 54.0 Å². The SMILES string of the molecule is CCNC(=O)C1O[C@@H](n2cnc3c(N)nc(NC(=O)COc4ccc(CCc5nc6c(c(=O)n(C)c(=O)n6CC)n5C)c5ocnc45)nc32)[C@H](O)[C@@H]1O. The Morgan fingerprint density at radius 3 is 2.55 bits per heavy atom. The highest BCUT2D eigenvalue weighted by Gasteiger charge is 2.47. The number of aliphatic hydroxyl groups excluding tert-OH is 2. The number of rotatable bonds is 11. The highest BCUT2D eigenvalue weighted by molar-refractivity contribution is 5.93. The van der Waals surface area contributed by atoms with Crippen LogP contribution < -0.4 is 32.4 Å². The van der Waals surface area contributed by atoms with E-state index in [9.17, 15) is 29.4 Å². The van der Waals surface area contributed by atoms with Crippen LogP contribution in [0.15, 0.2) is 38.9 Å². The number of aliphatic hydroxyl groups is 2. The maximum atomic E-state index is 13.0. The Morgan fingerprint density at radius 2 is 1.79 bits per heavy atom. The van der Waals surface area contributed by atoms with Gasteiger partial charge in [0.2, 0.25) is 5.95 Å². The van der Waals surface area contributed by atoms with Crippen molar-refractivity contribution in [3.63, 3.8) is 0 Å². The molecule has 6 aromatic rings. The lowest BCUT2D eigenvalue weighted by Crippen LogP contribution is -2.42. The molecule has 6 N–H and O–H groups in total. The number of oxazole rings is 1. The largest absolute Gasteiger partial charge is 0.481 e. The number of carbonyl (C=O) groups excluding carboxylic acids is 2. The maximum absolute atomic E-state index is 13.0. The summed E-state index contributed by atoms with van der Waals surface area (Å²) < 4.78 is 22.7. The van der Waals surface area contributed by atoms with Crippen molar-refractivity contribution < 1.29 is 33.7 Å². The summed E-state index contributed by atoms with van der Waals surface area (Å²) in [7, 11) is 3.18. The standard InChI is InChI=1S/C32H36N12O9/c1-5-34-28(48)24-21(46)22(47)30(53-24)44-12-35-19-25(33)39-31(40-26(19)44)38-17(45)11-51-15-9-7-14(23-18(15)36-13-52-23)8-10-16-37-27-20(41(16)3)29(49)42(4)32(50)43(27)6-2/h7,9,12-13,21-22,24,30,46-47H,5-6,8,10-11H2,1-4H3,(H,34,48)(H3,33,38,39,40,45)/t21-,22+,24?,30+/m0/s1. The summed E-state index contributed by atoms with van der Waals surface area (Å²) in [5, 5.41) is 26.2. The quantitative estimate of drug-likeness (QED) is 0.105. The maximum Gasteiger partial charge on any atom is 0.332 e. The first kappa shape index (κ1) is 35.2. The Hall–Kier alpha value is -6.19. The van der Waals surface area contributed by atoms with Crippen LogP contribution in [-0.4, -0.2) is 96.7 Å². The number of ether oxygens (including phenoxy) is 2. The van der Waals surface area contributed by atoms with Crippen LogP contribution in [-0.2, 0) is 47.8 Å². The zero-order valence-electron chi connectivity index (χ0n) is 29.0. The van der Waals surface area contributed by atoms with Crippen molar-refractivity contribution in [3.05, 3.63) is 57.1 Å². The van der Waals surface area contributed by atoms with Gasteiger partial charge in [0.1, 0.15) is 29.3 Å². The first-order valence-electron chi connectivity index (χ1n) is 16.7. The zero-order chi connectivity index (χ0) is 37.7. The topological polar surface area (TPSA) is 275 Å². The third kappa shape index (κ3) is 6.02. The van der Waals surface area contributed by atoms with E-state index >= 15 is 0 Å². The minimum atomic E-state index is -1.52. The molecular formula is C32H36N12O9. The second-order valence-electron chi connectivity index (χ2n) is 12.3. The molecule has 21 heteroatoms. The number of amides is 2. The predicted molar refractivity (Wildman–Crippen MR) is 186 cm³/mol. The van der Waals surface area contributed by atoms with Crippen LogP contribution in [0, 0.1) is 0 Å². The van der Waals surface area contributed by atoms with Gasteiger partial charge in [-0.1, -0.05) is 6.07 Å². The van der Waals surface area contributed by atoms with Crippen LogP contribution in [0.25, 0.3) is 33.4 Å². The molecule has 0 spiro atoms. The van der Waals surface area contributed by atoms with Crippen molar-refractivity contribution in [1.29, 1.82) is 0 Å². The second-order valence-corrected chi connectivity index (χ2v) is 12.3. The lowest BCUT2D eigenvalue weighted by atomic mass is 10.1. The third-order valence-electron chi connectivity index (χ3n) is 9.09. The zero-order valence-corrected chi connectivity index (χ0v) is 29.0. The normalized spacial score (nSPS) is 18.7. The molecule has 0 bridgehead atoms. The molecular weight excluding hydrogens is 696 g/mol. The van der Waals surface area contributed by atoms with Crippen molar-refractivity contribution in [2.24, 2.45) is 14.1 Å². The second kappa shape index (κ2) is 13.7. The Kier molecular flexibility index (Phi) is 9.13. The summed E-state index contributed by atoms with van der Waals surface area (Å²) in [5.41, 5.74) is 7.71. The lowest BCUT2D eigenvalue weighted by molar-refractivity contribution is -0.137. The fourth-order valence-corrected chi connectivity index (χ4v) is 6.39. The predicted octanol–water partition coefficient (Wildman–Crippen LogP) is -1.13. The molecule has 1 aliphatic heterocycles. The molecule has 1 aliphatic rings. The number of hydrogen-bond acceptors (Lipinski definition) is 15. The van der Waals surface area contributed by atoms with E-state index in [4.69, 9.17) is 19.6 Å². The van der Waals surface area contributed by atoms with Gasteiger partial charge in [-0.2, -0.15) is 9.97 Å². The molecule has 0 saturated carbocycles. The fourth-order valence-electron chi connectivity index (χ4n) is 6.39. The van der Waals surface area contributed by atoms with Gasteiger partial charge in [-0.3, -0.25) is 33.4 Å². The van der Waals surface area contributed by atoms with Crippen LogP contribution in [0.4, 0.5) is 11.8 Å². The van der Waals surface area contributed by atoms with Crippen LogP contribution in [0.1, 0.15) is 31.5 Å². The number of benzene rings is 1. The number of hydrogen-bond donors (Lipinski definition) is 5. The molecule has 6 heterocycles. The molecule has 2 amide bonds. The van der Waals surface area contributed by atoms with Crippen LogP contribution in [0.3, 0.4) is 0 Å². The van der Waals surface area contributed by atoms with E-state index in [1.165, 1.54) is 28.9 Å². The van der Waals surface area contributed by atoms with E-state index in [1.54, 1.807) is 30.7 Å². The Bertz CT molecular complexity index is 2510. The van der Waals surface area contributed by atoms with Crippen molar-refractivity contribution in [2.75, 3.05) is 24.2 Å². The molecule has 1 fully saturated rings. The summed E-state index contributed by atoms with van der Waals surface area (Å²) in [5.74, 6) is -0.643. The van der Waals surface area contributed by atoms with Crippen molar-refractivity contribution in [3.8, 4) is 5.75 Å². The summed E-state index contributed by atoms with van der Waals surface area (Å²) in [6.07, 6.45) is -2.21. The van der Waals surface area contributed by atoms with E-state index in [1.807, 2.05) is 6.92 Å². The van der Waals surface area contributed by atoms with Gasteiger partial charge in [0, 0.05) is 33.6 Å². The molecule has 0 aliphatic carbocycles. The highest BCUT2D eigenvalue weighted by Crippen LogP contribution is 2.33. The Balaban J connectivity index is 1.05. The van der Waals surface area contributed by atoms with Gasteiger partial charge in [-0.15, -0.1) is 0 Å². The van der Waals surface area contributed by atoms with Crippen molar-refractivity contribution in [1.82, 2.24) is 48.5 Å². The molecule has 53 heavy (non-hydrogen) atoms. The summed E-state index contributed by atoms with van der Waals surface area (Å²) >= 11 is 0. The van der Waals surface area contributed by atoms with Crippen LogP contribution in [0.2, 0.25) is 0 Å². The first-order valence-corrected chi connectivity index (χ1v) is 16.7. The van der Waals surface area contributed by atoms with Gasteiger partial charge < -0.3 is 39.7 Å². The molecule has 1 unspecified atom stereocenters. The number of aromatic nitrogens is 9. The lowest BCUT2D eigenvalue weighted by Gasteiger charge is -2.16.